The zero-order valence-electron chi connectivity index (χ0n) is 17.0. The monoisotopic (exact) mass is 433 g/mol. The Hall–Kier alpha value is -1.19. The van der Waals surface area contributed by atoms with Gasteiger partial charge in [-0.3, -0.25) is 4.79 Å². The number of nitrogens with two attached hydrogens (primary N) is 1. The number of benzene rings is 1. The van der Waals surface area contributed by atoms with Crippen LogP contribution in [-0.4, -0.2) is 56.0 Å². The highest BCUT2D eigenvalue weighted by atomic mass is 35.5. The normalized spacial score (nSPS) is 21.0. The van der Waals surface area contributed by atoms with Crippen molar-refractivity contribution in [2.75, 3.05) is 19.6 Å². The van der Waals surface area contributed by atoms with Crippen LogP contribution in [0.3, 0.4) is 0 Å². The van der Waals surface area contributed by atoms with Gasteiger partial charge in [-0.1, -0.05) is 19.9 Å². The first-order valence-corrected chi connectivity index (χ1v) is 10.9. The maximum Gasteiger partial charge on any atom is 0.251 e. The van der Waals surface area contributed by atoms with Crippen molar-refractivity contribution < 1.29 is 17.9 Å². The third kappa shape index (κ3) is 5.45. The lowest BCUT2D eigenvalue weighted by atomic mass is 9.92. The van der Waals surface area contributed by atoms with Crippen molar-refractivity contribution in [3.8, 4) is 0 Å². The van der Waals surface area contributed by atoms with Gasteiger partial charge in [0.1, 0.15) is 0 Å². The first-order valence-electron chi connectivity index (χ1n) is 9.45. The van der Waals surface area contributed by atoms with Crippen LogP contribution in [0.5, 0.6) is 0 Å². The molecule has 2 rings (SSSR count). The van der Waals surface area contributed by atoms with Crippen LogP contribution in [0.1, 0.15) is 50.9 Å². The van der Waals surface area contributed by atoms with Gasteiger partial charge < -0.3 is 15.8 Å². The molecule has 7 nitrogen and oxygen atoms in total. The van der Waals surface area contributed by atoms with E-state index in [1.165, 1.54) is 16.4 Å². The number of rotatable bonds is 7. The second-order valence-electron chi connectivity index (χ2n) is 7.25. The lowest BCUT2D eigenvalue weighted by Gasteiger charge is -2.34. The number of amides is 1. The number of morpholine rings is 1. The highest BCUT2D eigenvalue weighted by Crippen LogP contribution is 2.22. The van der Waals surface area contributed by atoms with Gasteiger partial charge in [-0.15, -0.1) is 12.4 Å². The molecule has 1 amide bonds. The van der Waals surface area contributed by atoms with Gasteiger partial charge in [-0.2, -0.15) is 4.31 Å². The molecule has 0 spiro atoms. The molecule has 3 N–H and O–H groups in total. The molecule has 0 saturated carbocycles. The zero-order valence-corrected chi connectivity index (χ0v) is 18.6. The number of halogens is 1. The standard InChI is InChI=1S/C19H31N3O4S.ClH/c1-5-19(6-2,13-20)21-18(23)16-8-7-9-17(10-16)27(24,25)22-11-14(3)26-15(4)12-22;/h7-10,14-15H,5-6,11-13,20H2,1-4H3,(H,21,23);1H. The molecular weight excluding hydrogens is 402 g/mol. The van der Waals surface area contributed by atoms with Crippen molar-refractivity contribution in [2.45, 2.75) is 63.2 Å². The van der Waals surface area contributed by atoms with E-state index >= 15 is 0 Å². The summed E-state index contributed by atoms with van der Waals surface area (Å²) in [6.45, 7) is 8.56. The van der Waals surface area contributed by atoms with E-state index in [-0.39, 0.29) is 35.4 Å². The molecule has 28 heavy (non-hydrogen) atoms. The maximum absolute atomic E-state index is 13.0. The molecule has 1 aliphatic rings. The minimum Gasteiger partial charge on any atom is -0.373 e. The molecule has 1 aromatic carbocycles. The fourth-order valence-corrected chi connectivity index (χ4v) is 4.99. The second kappa shape index (κ2) is 10.0. The summed E-state index contributed by atoms with van der Waals surface area (Å²) < 4.78 is 33.1. The Labute approximate surface area is 174 Å². The SMILES string of the molecule is CCC(CC)(CN)NC(=O)c1cccc(S(=O)(=O)N2CC(C)OC(C)C2)c1.Cl. The van der Waals surface area contributed by atoms with Crippen molar-refractivity contribution >= 4 is 28.3 Å². The van der Waals surface area contributed by atoms with Gasteiger partial charge in [0, 0.05) is 25.2 Å². The maximum atomic E-state index is 13.0. The summed E-state index contributed by atoms with van der Waals surface area (Å²) in [6, 6.07) is 6.16. The summed E-state index contributed by atoms with van der Waals surface area (Å²) in [6.07, 6.45) is 1.06. The van der Waals surface area contributed by atoms with E-state index in [0.717, 1.165) is 0 Å². The molecule has 1 aromatic rings. The first kappa shape index (κ1) is 24.8. The number of ether oxygens (including phenoxy) is 1. The Balaban J connectivity index is 0.00000392. The molecule has 0 aliphatic carbocycles. The minimum atomic E-state index is -3.70. The third-order valence-corrected chi connectivity index (χ3v) is 7.07. The molecule has 1 heterocycles. The van der Waals surface area contributed by atoms with Crippen LogP contribution in [0.15, 0.2) is 29.2 Å². The number of nitrogens with one attached hydrogen (secondary N) is 1. The summed E-state index contributed by atoms with van der Waals surface area (Å²) >= 11 is 0. The summed E-state index contributed by atoms with van der Waals surface area (Å²) in [5, 5.41) is 2.98. The molecule has 0 radical (unpaired) electrons. The summed E-state index contributed by atoms with van der Waals surface area (Å²) in [5.41, 5.74) is 5.67. The Morgan fingerprint density at radius 2 is 1.82 bits per heavy atom. The Morgan fingerprint density at radius 3 is 2.32 bits per heavy atom. The van der Waals surface area contributed by atoms with Gasteiger partial charge in [-0.25, -0.2) is 8.42 Å². The highest BCUT2D eigenvalue weighted by molar-refractivity contribution is 7.89. The average Bonchev–Trinajstić information content (AvgIpc) is 2.65. The van der Waals surface area contributed by atoms with Crippen LogP contribution >= 0.6 is 12.4 Å². The number of carbonyl (C=O) groups excluding carboxylic acids is 1. The van der Waals surface area contributed by atoms with Gasteiger partial charge in [0.05, 0.1) is 22.6 Å². The smallest absolute Gasteiger partial charge is 0.251 e. The van der Waals surface area contributed by atoms with Crippen molar-refractivity contribution in [2.24, 2.45) is 5.73 Å². The lowest BCUT2D eigenvalue weighted by molar-refractivity contribution is -0.0440. The average molecular weight is 434 g/mol. The van der Waals surface area contributed by atoms with Crippen LogP contribution in [0.2, 0.25) is 0 Å². The topological polar surface area (TPSA) is 102 Å². The van der Waals surface area contributed by atoms with Crippen molar-refractivity contribution in [1.82, 2.24) is 9.62 Å². The highest BCUT2D eigenvalue weighted by Gasteiger charge is 2.33. The van der Waals surface area contributed by atoms with Crippen LogP contribution in [0, 0.1) is 0 Å². The van der Waals surface area contributed by atoms with Gasteiger partial charge in [0.15, 0.2) is 0 Å². The van der Waals surface area contributed by atoms with Gasteiger partial charge >= 0.3 is 0 Å². The van der Waals surface area contributed by atoms with E-state index in [4.69, 9.17) is 10.5 Å². The molecule has 0 aromatic heterocycles. The predicted octanol–water partition coefficient (Wildman–Crippen LogP) is 2.15. The fourth-order valence-electron chi connectivity index (χ4n) is 3.35. The first-order chi connectivity index (χ1) is 12.7. The lowest BCUT2D eigenvalue weighted by Crippen LogP contribution is -2.52. The Bertz CT molecular complexity index is 750. The summed E-state index contributed by atoms with van der Waals surface area (Å²) in [5.74, 6) is -0.315. The molecule has 1 saturated heterocycles. The molecule has 2 atom stereocenters. The quantitative estimate of drug-likeness (QED) is 0.686. The van der Waals surface area contributed by atoms with Crippen LogP contribution in [0.25, 0.3) is 0 Å². The molecule has 0 bridgehead atoms. The number of nitrogens with zero attached hydrogens (tertiary/aromatic N) is 1. The van der Waals surface area contributed by atoms with Crippen LogP contribution in [0.4, 0.5) is 0 Å². The number of hydrogen-bond donors (Lipinski definition) is 2. The van der Waals surface area contributed by atoms with Gasteiger partial charge in [0.25, 0.3) is 5.91 Å². The number of sulfonamides is 1. The number of carbonyl (C=O) groups is 1. The predicted molar refractivity (Wildman–Crippen MR) is 112 cm³/mol. The van der Waals surface area contributed by atoms with Crippen molar-refractivity contribution in [1.29, 1.82) is 0 Å². The molecule has 160 valence electrons. The van der Waals surface area contributed by atoms with E-state index in [9.17, 15) is 13.2 Å². The zero-order chi connectivity index (χ0) is 20.2. The third-order valence-electron chi connectivity index (χ3n) is 5.24. The number of hydrogen-bond acceptors (Lipinski definition) is 5. The Morgan fingerprint density at radius 1 is 1.25 bits per heavy atom. The molecule has 9 heteroatoms. The van der Waals surface area contributed by atoms with Crippen molar-refractivity contribution in [3.05, 3.63) is 29.8 Å². The summed E-state index contributed by atoms with van der Waals surface area (Å²) in [7, 11) is -3.70. The largest absolute Gasteiger partial charge is 0.373 e. The minimum absolute atomic E-state index is 0. The van der Waals surface area contributed by atoms with Crippen molar-refractivity contribution in [3.63, 3.8) is 0 Å². The van der Waals surface area contributed by atoms with E-state index in [0.29, 0.717) is 38.0 Å². The van der Waals surface area contributed by atoms with E-state index < -0.39 is 15.6 Å². The Kier molecular flexibility index (Phi) is 8.90. The molecule has 1 fully saturated rings. The molecule has 1 aliphatic heterocycles. The van der Waals surface area contributed by atoms with Gasteiger partial charge in [0.2, 0.25) is 10.0 Å². The van der Waals surface area contributed by atoms with E-state index in [1.807, 2.05) is 27.7 Å². The van der Waals surface area contributed by atoms with E-state index in [2.05, 4.69) is 5.32 Å². The molecule has 2 unspecified atom stereocenters. The van der Waals surface area contributed by atoms with Crippen LogP contribution in [-0.2, 0) is 14.8 Å². The van der Waals surface area contributed by atoms with E-state index in [1.54, 1.807) is 12.1 Å². The fraction of sp³-hybridized carbons (Fsp3) is 0.632. The van der Waals surface area contributed by atoms with Gasteiger partial charge in [-0.05, 0) is 44.9 Å². The molecular formula is C19H32ClN3O4S. The summed E-state index contributed by atoms with van der Waals surface area (Å²) in [4.78, 5) is 12.8. The van der Waals surface area contributed by atoms with Crippen LogP contribution < -0.4 is 11.1 Å². The second-order valence-corrected chi connectivity index (χ2v) is 9.19.